The molecule has 0 spiro atoms. The van der Waals surface area contributed by atoms with Crippen LogP contribution in [0.3, 0.4) is 0 Å². The highest BCUT2D eigenvalue weighted by molar-refractivity contribution is 6.35. The SMILES string of the molecule is O=C(O)C1CCCC1CNCc1cc(Cl)cc(Cl)c1O. The second-order valence-electron chi connectivity index (χ2n) is 5.16. The van der Waals surface area contributed by atoms with Gasteiger partial charge in [0.05, 0.1) is 10.9 Å². The number of aromatic hydroxyl groups is 1. The topological polar surface area (TPSA) is 69.6 Å². The van der Waals surface area contributed by atoms with E-state index in [1.165, 1.54) is 6.07 Å². The van der Waals surface area contributed by atoms with E-state index >= 15 is 0 Å². The molecule has 1 aliphatic rings. The molecule has 1 fully saturated rings. The summed E-state index contributed by atoms with van der Waals surface area (Å²) in [5.74, 6) is -0.823. The number of carboxylic acids is 1. The Hall–Kier alpha value is -0.970. The molecule has 3 N–H and O–H groups in total. The van der Waals surface area contributed by atoms with E-state index in [4.69, 9.17) is 28.3 Å². The monoisotopic (exact) mass is 317 g/mol. The molecule has 20 heavy (non-hydrogen) atoms. The molecule has 0 aromatic heterocycles. The smallest absolute Gasteiger partial charge is 0.306 e. The van der Waals surface area contributed by atoms with Crippen LogP contribution in [-0.2, 0) is 11.3 Å². The van der Waals surface area contributed by atoms with E-state index in [1.54, 1.807) is 6.07 Å². The van der Waals surface area contributed by atoms with E-state index in [1.807, 2.05) is 0 Å². The van der Waals surface area contributed by atoms with Crippen molar-refractivity contribution in [3.05, 3.63) is 27.7 Å². The average Bonchev–Trinajstić information content (AvgIpc) is 2.83. The first kappa shape index (κ1) is 15.4. The van der Waals surface area contributed by atoms with Crippen molar-refractivity contribution >= 4 is 29.2 Å². The van der Waals surface area contributed by atoms with Gasteiger partial charge in [0.15, 0.2) is 0 Å². The summed E-state index contributed by atoms with van der Waals surface area (Å²) in [6, 6.07) is 3.14. The Kier molecular flexibility index (Phi) is 5.13. The fourth-order valence-electron chi connectivity index (χ4n) is 2.75. The van der Waals surface area contributed by atoms with E-state index < -0.39 is 5.97 Å². The fraction of sp³-hybridized carbons (Fsp3) is 0.500. The van der Waals surface area contributed by atoms with E-state index in [-0.39, 0.29) is 22.6 Å². The van der Waals surface area contributed by atoms with Crippen molar-refractivity contribution in [3.8, 4) is 5.75 Å². The molecule has 1 saturated carbocycles. The number of carboxylic acid groups (broad SMARTS) is 1. The first-order chi connectivity index (χ1) is 9.49. The number of hydrogen-bond donors (Lipinski definition) is 3. The number of carbonyl (C=O) groups is 1. The van der Waals surface area contributed by atoms with Crippen LogP contribution >= 0.6 is 23.2 Å². The Morgan fingerprint density at radius 3 is 2.80 bits per heavy atom. The maximum absolute atomic E-state index is 11.1. The number of aliphatic carboxylic acids is 1. The zero-order valence-corrected chi connectivity index (χ0v) is 12.4. The third kappa shape index (κ3) is 3.57. The maximum atomic E-state index is 11.1. The molecule has 0 amide bonds. The minimum Gasteiger partial charge on any atom is -0.506 e. The van der Waals surface area contributed by atoms with Gasteiger partial charge < -0.3 is 15.5 Å². The van der Waals surface area contributed by atoms with E-state index in [0.717, 1.165) is 19.3 Å². The summed E-state index contributed by atoms with van der Waals surface area (Å²) >= 11 is 11.7. The molecule has 0 heterocycles. The lowest BCUT2D eigenvalue weighted by atomic mass is 9.96. The zero-order chi connectivity index (χ0) is 14.7. The summed E-state index contributed by atoms with van der Waals surface area (Å²) in [6.07, 6.45) is 2.62. The van der Waals surface area contributed by atoms with Crippen LogP contribution in [0.2, 0.25) is 10.0 Å². The van der Waals surface area contributed by atoms with Gasteiger partial charge in [-0.15, -0.1) is 0 Å². The Bertz CT molecular complexity index is 507. The molecule has 2 rings (SSSR count). The van der Waals surface area contributed by atoms with Crippen molar-refractivity contribution < 1.29 is 15.0 Å². The Morgan fingerprint density at radius 1 is 1.35 bits per heavy atom. The lowest BCUT2D eigenvalue weighted by Gasteiger charge is -2.17. The quantitative estimate of drug-likeness (QED) is 0.779. The van der Waals surface area contributed by atoms with Gasteiger partial charge in [0.2, 0.25) is 0 Å². The van der Waals surface area contributed by atoms with Crippen LogP contribution < -0.4 is 5.32 Å². The highest BCUT2D eigenvalue weighted by Crippen LogP contribution is 2.33. The van der Waals surface area contributed by atoms with E-state index in [9.17, 15) is 9.90 Å². The van der Waals surface area contributed by atoms with Gasteiger partial charge in [0, 0.05) is 17.1 Å². The highest BCUT2D eigenvalue weighted by Gasteiger charge is 2.32. The van der Waals surface area contributed by atoms with E-state index in [2.05, 4.69) is 5.32 Å². The maximum Gasteiger partial charge on any atom is 0.306 e. The third-order valence-electron chi connectivity index (χ3n) is 3.81. The minimum absolute atomic E-state index is 0.0183. The molecule has 1 aromatic rings. The van der Waals surface area contributed by atoms with Crippen LogP contribution in [0.25, 0.3) is 0 Å². The van der Waals surface area contributed by atoms with E-state index in [0.29, 0.717) is 23.7 Å². The molecule has 0 aliphatic heterocycles. The van der Waals surface area contributed by atoms with Crippen molar-refractivity contribution in [1.82, 2.24) is 5.32 Å². The Balaban J connectivity index is 1.92. The third-order valence-corrected chi connectivity index (χ3v) is 4.31. The van der Waals surface area contributed by atoms with Gasteiger partial charge in [-0.25, -0.2) is 0 Å². The molecule has 2 unspecified atom stereocenters. The summed E-state index contributed by atoms with van der Waals surface area (Å²) in [7, 11) is 0. The minimum atomic E-state index is -0.719. The largest absolute Gasteiger partial charge is 0.506 e. The standard InChI is InChI=1S/C14H17Cl2NO3/c15-10-4-9(13(18)12(16)5-10)7-17-6-8-2-1-3-11(8)14(19)20/h4-5,8,11,17-18H,1-3,6-7H2,(H,19,20). The Labute approximate surface area is 127 Å². The van der Waals surface area contributed by atoms with Crippen LogP contribution in [-0.4, -0.2) is 22.7 Å². The number of benzene rings is 1. The second kappa shape index (κ2) is 6.66. The average molecular weight is 318 g/mol. The molecule has 1 aliphatic carbocycles. The van der Waals surface area contributed by atoms with Crippen LogP contribution in [0.1, 0.15) is 24.8 Å². The number of phenolic OH excluding ortho intramolecular Hbond substituents is 1. The molecule has 0 radical (unpaired) electrons. The first-order valence-electron chi connectivity index (χ1n) is 6.59. The molecule has 4 nitrogen and oxygen atoms in total. The van der Waals surface area contributed by atoms with Gasteiger partial charge in [-0.1, -0.05) is 29.6 Å². The van der Waals surface area contributed by atoms with Crippen molar-refractivity contribution in [3.63, 3.8) is 0 Å². The molecule has 0 bridgehead atoms. The van der Waals surface area contributed by atoms with Crippen LogP contribution in [0.4, 0.5) is 0 Å². The fourth-order valence-corrected chi connectivity index (χ4v) is 3.29. The van der Waals surface area contributed by atoms with Gasteiger partial charge in [-0.2, -0.15) is 0 Å². The number of halogens is 2. The molecule has 0 saturated heterocycles. The predicted octanol–water partition coefficient (Wildman–Crippen LogP) is 3.29. The van der Waals surface area contributed by atoms with Crippen molar-refractivity contribution in [2.24, 2.45) is 11.8 Å². The van der Waals surface area contributed by atoms with Gasteiger partial charge in [-0.05, 0) is 37.4 Å². The summed E-state index contributed by atoms with van der Waals surface area (Å²) in [4.78, 5) is 11.1. The molecule has 2 atom stereocenters. The summed E-state index contributed by atoms with van der Waals surface area (Å²) in [6.45, 7) is 1.02. The van der Waals surface area contributed by atoms with Crippen molar-refractivity contribution in [2.45, 2.75) is 25.8 Å². The van der Waals surface area contributed by atoms with Gasteiger partial charge >= 0.3 is 5.97 Å². The van der Waals surface area contributed by atoms with Crippen molar-refractivity contribution in [1.29, 1.82) is 0 Å². The molecular formula is C14H17Cl2NO3. The summed E-state index contributed by atoms with van der Waals surface area (Å²) in [5, 5.41) is 22.8. The second-order valence-corrected chi connectivity index (χ2v) is 6.01. The number of phenols is 1. The molecular weight excluding hydrogens is 301 g/mol. The van der Waals surface area contributed by atoms with Crippen LogP contribution in [0.5, 0.6) is 5.75 Å². The number of rotatable bonds is 5. The molecule has 1 aromatic carbocycles. The van der Waals surface area contributed by atoms with Gasteiger partial charge in [0.25, 0.3) is 0 Å². The first-order valence-corrected chi connectivity index (χ1v) is 7.35. The normalized spacial score (nSPS) is 22.1. The zero-order valence-electron chi connectivity index (χ0n) is 10.9. The lowest BCUT2D eigenvalue weighted by molar-refractivity contribution is -0.142. The Morgan fingerprint density at radius 2 is 2.10 bits per heavy atom. The molecule has 6 heteroatoms. The lowest BCUT2D eigenvalue weighted by Crippen LogP contribution is -2.28. The van der Waals surface area contributed by atoms with Gasteiger partial charge in [-0.3, -0.25) is 4.79 Å². The summed E-state index contributed by atoms with van der Waals surface area (Å²) < 4.78 is 0. The number of nitrogens with one attached hydrogen (secondary N) is 1. The van der Waals surface area contributed by atoms with Crippen LogP contribution in [0.15, 0.2) is 12.1 Å². The number of hydrogen-bond acceptors (Lipinski definition) is 3. The predicted molar refractivity (Wildman–Crippen MR) is 78.3 cm³/mol. The molecule has 110 valence electrons. The highest BCUT2D eigenvalue weighted by atomic mass is 35.5. The van der Waals surface area contributed by atoms with Crippen molar-refractivity contribution in [2.75, 3.05) is 6.54 Å². The van der Waals surface area contributed by atoms with Crippen LogP contribution in [0, 0.1) is 11.8 Å². The summed E-state index contributed by atoms with van der Waals surface area (Å²) in [5.41, 5.74) is 0.618. The van der Waals surface area contributed by atoms with Gasteiger partial charge in [0.1, 0.15) is 5.75 Å².